The normalized spacial score (nSPS) is 13.9. The van der Waals surface area contributed by atoms with E-state index in [1.165, 1.54) is 0 Å². The SMILES string of the molecule is COc1cccc(N2CCN(C(=O)/C=C/c3ccc(OCc4ccccn4)cc3)CC2)c1. The molecule has 0 bridgehead atoms. The van der Waals surface area contributed by atoms with E-state index >= 15 is 0 Å². The van der Waals surface area contributed by atoms with Crippen LogP contribution in [-0.2, 0) is 11.4 Å². The van der Waals surface area contributed by atoms with Gasteiger partial charge in [-0.05, 0) is 48.0 Å². The largest absolute Gasteiger partial charge is 0.497 e. The number of ether oxygens (including phenoxy) is 2. The first-order valence-electron chi connectivity index (χ1n) is 10.7. The van der Waals surface area contributed by atoms with E-state index in [0.717, 1.165) is 41.5 Å². The lowest BCUT2D eigenvalue weighted by molar-refractivity contribution is -0.126. The zero-order valence-corrected chi connectivity index (χ0v) is 18.2. The predicted octanol–water partition coefficient (Wildman–Crippen LogP) is 4.03. The van der Waals surface area contributed by atoms with Crippen LogP contribution in [0.2, 0.25) is 0 Å². The van der Waals surface area contributed by atoms with Crippen molar-refractivity contribution in [3.8, 4) is 11.5 Å². The van der Waals surface area contributed by atoms with Gasteiger partial charge in [-0.3, -0.25) is 9.78 Å². The molecule has 4 rings (SSSR count). The van der Waals surface area contributed by atoms with Crippen molar-refractivity contribution in [2.45, 2.75) is 6.61 Å². The highest BCUT2D eigenvalue weighted by atomic mass is 16.5. The molecule has 2 heterocycles. The minimum absolute atomic E-state index is 0.0331. The Labute approximate surface area is 188 Å². The third kappa shape index (κ3) is 5.66. The monoisotopic (exact) mass is 429 g/mol. The summed E-state index contributed by atoms with van der Waals surface area (Å²) in [6.45, 7) is 3.42. The number of nitrogens with zero attached hydrogens (tertiary/aromatic N) is 3. The van der Waals surface area contributed by atoms with Crippen LogP contribution >= 0.6 is 0 Å². The Morgan fingerprint density at radius 1 is 0.969 bits per heavy atom. The third-order valence-corrected chi connectivity index (χ3v) is 5.42. The average molecular weight is 430 g/mol. The van der Waals surface area contributed by atoms with Crippen LogP contribution in [0.25, 0.3) is 6.08 Å². The summed E-state index contributed by atoms with van der Waals surface area (Å²) in [6, 6.07) is 21.5. The first-order chi connectivity index (χ1) is 15.7. The fraction of sp³-hybridized carbons (Fsp3) is 0.231. The van der Waals surface area contributed by atoms with Crippen molar-refractivity contribution < 1.29 is 14.3 Å². The molecule has 1 aromatic heterocycles. The van der Waals surface area contributed by atoms with Gasteiger partial charge < -0.3 is 19.3 Å². The lowest BCUT2D eigenvalue weighted by Crippen LogP contribution is -2.48. The Bertz CT molecular complexity index is 1040. The van der Waals surface area contributed by atoms with Crippen molar-refractivity contribution in [1.82, 2.24) is 9.88 Å². The van der Waals surface area contributed by atoms with Gasteiger partial charge in [0.2, 0.25) is 5.91 Å². The summed E-state index contributed by atoms with van der Waals surface area (Å²) in [4.78, 5) is 21.0. The highest BCUT2D eigenvalue weighted by Gasteiger charge is 2.20. The molecule has 0 saturated carbocycles. The highest BCUT2D eigenvalue weighted by molar-refractivity contribution is 5.92. The Morgan fingerprint density at radius 2 is 1.78 bits per heavy atom. The molecule has 0 spiro atoms. The molecule has 2 aromatic carbocycles. The number of hydrogen-bond donors (Lipinski definition) is 0. The van der Waals surface area contributed by atoms with E-state index in [0.29, 0.717) is 19.7 Å². The second kappa shape index (κ2) is 10.5. The van der Waals surface area contributed by atoms with Crippen molar-refractivity contribution in [2.75, 3.05) is 38.2 Å². The van der Waals surface area contributed by atoms with E-state index in [2.05, 4.69) is 16.0 Å². The summed E-state index contributed by atoms with van der Waals surface area (Å²) >= 11 is 0. The number of pyridine rings is 1. The number of rotatable bonds is 7. The summed E-state index contributed by atoms with van der Waals surface area (Å²) in [6.07, 6.45) is 5.24. The molecule has 1 saturated heterocycles. The molecule has 6 heteroatoms. The van der Waals surface area contributed by atoms with Crippen molar-refractivity contribution in [3.05, 3.63) is 90.3 Å². The molecule has 164 valence electrons. The van der Waals surface area contributed by atoms with Crippen LogP contribution in [0.4, 0.5) is 5.69 Å². The van der Waals surface area contributed by atoms with Crippen LogP contribution in [0.5, 0.6) is 11.5 Å². The zero-order valence-electron chi connectivity index (χ0n) is 18.2. The summed E-state index contributed by atoms with van der Waals surface area (Å²) < 4.78 is 11.1. The number of amides is 1. The maximum Gasteiger partial charge on any atom is 0.246 e. The molecule has 3 aromatic rings. The van der Waals surface area contributed by atoms with E-state index in [4.69, 9.17) is 9.47 Å². The molecule has 0 radical (unpaired) electrons. The quantitative estimate of drug-likeness (QED) is 0.531. The molecular formula is C26H27N3O3. The zero-order chi connectivity index (χ0) is 22.2. The fourth-order valence-electron chi connectivity index (χ4n) is 3.58. The number of anilines is 1. The molecule has 1 amide bonds. The van der Waals surface area contributed by atoms with E-state index in [1.807, 2.05) is 71.6 Å². The van der Waals surface area contributed by atoms with E-state index < -0.39 is 0 Å². The number of hydrogen-bond acceptors (Lipinski definition) is 5. The summed E-state index contributed by atoms with van der Waals surface area (Å²) in [5.41, 5.74) is 2.96. The van der Waals surface area contributed by atoms with Gasteiger partial charge in [-0.25, -0.2) is 0 Å². The van der Waals surface area contributed by atoms with E-state index in [-0.39, 0.29) is 5.91 Å². The van der Waals surface area contributed by atoms with Crippen molar-refractivity contribution in [1.29, 1.82) is 0 Å². The Hall–Kier alpha value is -3.80. The lowest BCUT2D eigenvalue weighted by Gasteiger charge is -2.35. The minimum Gasteiger partial charge on any atom is -0.497 e. The maximum atomic E-state index is 12.6. The highest BCUT2D eigenvalue weighted by Crippen LogP contribution is 2.22. The smallest absolute Gasteiger partial charge is 0.246 e. The van der Waals surface area contributed by atoms with Gasteiger partial charge in [0.15, 0.2) is 0 Å². The molecule has 0 unspecified atom stereocenters. The average Bonchev–Trinajstić information content (AvgIpc) is 2.87. The van der Waals surface area contributed by atoms with Crippen molar-refractivity contribution >= 4 is 17.7 Å². The topological polar surface area (TPSA) is 54.9 Å². The van der Waals surface area contributed by atoms with Crippen LogP contribution in [0, 0.1) is 0 Å². The van der Waals surface area contributed by atoms with E-state index in [1.54, 1.807) is 19.4 Å². The summed E-state index contributed by atoms with van der Waals surface area (Å²) in [7, 11) is 1.67. The van der Waals surface area contributed by atoms with Crippen LogP contribution in [0.1, 0.15) is 11.3 Å². The van der Waals surface area contributed by atoms with Gasteiger partial charge in [0, 0.05) is 50.2 Å². The predicted molar refractivity (Wildman–Crippen MR) is 126 cm³/mol. The molecule has 1 aliphatic heterocycles. The number of benzene rings is 2. The van der Waals surface area contributed by atoms with Gasteiger partial charge in [-0.2, -0.15) is 0 Å². The summed E-state index contributed by atoms with van der Waals surface area (Å²) in [5.74, 6) is 1.65. The number of carbonyl (C=O) groups is 1. The molecule has 32 heavy (non-hydrogen) atoms. The first kappa shape index (κ1) is 21.4. The Kier molecular flexibility index (Phi) is 7.02. The number of piperazine rings is 1. The number of aromatic nitrogens is 1. The first-order valence-corrected chi connectivity index (χ1v) is 10.7. The molecule has 0 N–H and O–H groups in total. The van der Waals surface area contributed by atoms with Gasteiger partial charge in [0.1, 0.15) is 18.1 Å². The lowest BCUT2D eigenvalue weighted by atomic mass is 10.2. The molecular weight excluding hydrogens is 402 g/mol. The van der Waals surface area contributed by atoms with Gasteiger partial charge in [-0.1, -0.05) is 24.3 Å². The maximum absolute atomic E-state index is 12.6. The number of carbonyl (C=O) groups excluding carboxylic acids is 1. The van der Waals surface area contributed by atoms with Crippen molar-refractivity contribution in [2.24, 2.45) is 0 Å². The standard InChI is InChI=1S/C26H27N3O3/c1-31-25-7-4-6-23(19-25)28-15-17-29(18-16-28)26(30)13-10-21-8-11-24(12-9-21)32-20-22-5-2-3-14-27-22/h2-14,19H,15-18,20H2,1H3/b13-10+. The molecule has 0 aliphatic carbocycles. The van der Waals surface area contributed by atoms with Crippen LogP contribution < -0.4 is 14.4 Å². The number of methoxy groups -OCH3 is 1. The molecule has 6 nitrogen and oxygen atoms in total. The molecule has 1 fully saturated rings. The Balaban J connectivity index is 1.26. The van der Waals surface area contributed by atoms with Gasteiger partial charge in [0.25, 0.3) is 0 Å². The van der Waals surface area contributed by atoms with Gasteiger partial charge >= 0.3 is 0 Å². The van der Waals surface area contributed by atoms with Gasteiger partial charge in [0.05, 0.1) is 12.8 Å². The van der Waals surface area contributed by atoms with Crippen molar-refractivity contribution in [3.63, 3.8) is 0 Å². The minimum atomic E-state index is 0.0331. The van der Waals surface area contributed by atoms with E-state index in [9.17, 15) is 4.79 Å². The molecule has 1 aliphatic rings. The molecule has 0 atom stereocenters. The fourth-order valence-corrected chi connectivity index (χ4v) is 3.58. The summed E-state index contributed by atoms with van der Waals surface area (Å²) in [5, 5.41) is 0. The second-order valence-corrected chi connectivity index (χ2v) is 7.53. The second-order valence-electron chi connectivity index (χ2n) is 7.53. The van der Waals surface area contributed by atoms with Gasteiger partial charge in [-0.15, -0.1) is 0 Å². The van der Waals surface area contributed by atoms with Crippen LogP contribution in [0.3, 0.4) is 0 Å². The Morgan fingerprint density at radius 3 is 2.50 bits per heavy atom. The van der Waals surface area contributed by atoms with Crippen LogP contribution in [0.15, 0.2) is 79.0 Å². The third-order valence-electron chi connectivity index (χ3n) is 5.42. The van der Waals surface area contributed by atoms with Crippen LogP contribution in [-0.4, -0.2) is 49.1 Å².